The van der Waals surface area contributed by atoms with E-state index in [0.29, 0.717) is 27.4 Å². The van der Waals surface area contributed by atoms with Crippen LogP contribution < -0.4 is 5.56 Å². The summed E-state index contributed by atoms with van der Waals surface area (Å²) in [6.07, 6.45) is -1.98. The second kappa shape index (κ2) is 7.06. The Hall–Kier alpha value is -2.66. The maximum absolute atomic E-state index is 12.8. The van der Waals surface area contributed by atoms with Crippen LogP contribution in [0.3, 0.4) is 0 Å². The molecule has 0 saturated carbocycles. The SMILES string of the molecule is C[C@@H](Sc1nccc(C(F)(F)F)n1)c1nc2scc(-c3ccco3)c2c(=O)[nH]1. The summed E-state index contributed by atoms with van der Waals surface area (Å²) in [5.74, 6) is 0.891. The van der Waals surface area contributed by atoms with Gasteiger partial charge in [-0.2, -0.15) is 13.2 Å². The third-order valence-corrected chi connectivity index (χ3v) is 5.70. The molecule has 4 rings (SSSR count). The second-order valence-electron chi connectivity index (χ2n) is 5.74. The van der Waals surface area contributed by atoms with Crippen LogP contribution in [0.15, 0.2) is 50.4 Å². The molecule has 6 nitrogen and oxygen atoms in total. The van der Waals surface area contributed by atoms with E-state index in [9.17, 15) is 18.0 Å². The van der Waals surface area contributed by atoms with Gasteiger partial charge in [-0.3, -0.25) is 4.79 Å². The number of furan rings is 1. The van der Waals surface area contributed by atoms with Gasteiger partial charge in [-0.1, -0.05) is 11.8 Å². The average Bonchev–Trinajstić information content (AvgIpc) is 3.30. The number of hydrogen-bond acceptors (Lipinski definition) is 7. The number of rotatable bonds is 4. The van der Waals surface area contributed by atoms with E-state index in [2.05, 4.69) is 19.9 Å². The van der Waals surface area contributed by atoms with Gasteiger partial charge in [0.05, 0.1) is 16.9 Å². The van der Waals surface area contributed by atoms with Crippen molar-refractivity contribution in [2.45, 2.75) is 23.5 Å². The van der Waals surface area contributed by atoms with Crippen molar-refractivity contribution in [3.8, 4) is 11.3 Å². The maximum atomic E-state index is 12.8. The first-order valence-electron chi connectivity index (χ1n) is 7.95. The Morgan fingerprint density at radius 3 is 2.82 bits per heavy atom. The molecule has 4 heterocycles. The van der Waals surface area contributed by atoms with Gasteiger partial charge in [-0.05, 0) is 25.1 Å². The Morgan fingerprint density at radius 2 is 2.11 bits per heavy atom. The molecule has 0 radical (unpaired) electrons. The molecule has 0 aliphatic carbocycles. The summed E-state index contributed by atoms with van der Waals surface area (Å²) in [6, 6.07) is 4.28. The van der Waals surface area contributed by atoms with Crippen molar-refractivity contribution in [1.29, 1.82) is 0 Å². The van der Waals surface area contributed by atoms with Crippen LogP contribution in [0.5, 0.6) is 0 Å². The van der Waals surface area contributed by atoms with E-state index in [1.54, 1.807) is 24.4 Å². The molecule has 0 fully saturated rings. The van der Waals surface area contributed by atoms with Gasteiger partial charge in [0.2, 0.25) is 0 Å². The summed E-state index contributed by atoms with van der Waals surface area (Å²) < 4.78 is 43.8. The number of halogens is 3. The highest BCUT2D eigenvalue weighted by Crippen LogP contribution is 2.35. The van der Waals surface area contributed by atoms with E-state index < -0.39 is 17.1 Å². The quantitative estimate of drug-likeness (QED) is 0.370. The van der Waals surface area contributed by atoms with Gasteiger partial charge in [-0.25, -0.2) is 15.0 Å². The van der Waals surface area contributed by atoms with E-state index in [4.69, 9.17) is 4.42 Å². The number of fused-ring (bicyclic) bond motifs is 1. The molecule has 0 unspecified atom stereocenters. The smallest absolute Gasteiger partial charge is 0.433 e. The normalized spacial score (nSPS) is 13.1. The zero-order chi connectivity index (χ0) is 19.9. The molecule has 11 heteroatoms. The van der Waals surface area contributed by atoms with Crippen LogP contribution >= 0.6 is 23.1 Å². The minimum Gasteiger partial charge on any atom is -0.464 e. The lowest BCUT2D eigenvalue weighted by atomic mass is 10.2. The van der Waals surface area contributed by atoms with E-state index in [-0.39, 0.29) is 10.7 Å². The number of alkyl halides is 3. The number of thiophene rings is 1. The molecule has 0 saturated heterocycles. The van der Waals surface area contributed by atoms with Crippen LogP contribution in [0.2, 0.25) is 0 Å². The average molecular weight is 424 g/mol. The largest absolute Gasteiger partial charge is 0.464 e. The molecule has 28 heavy (non-hydrogen) atoms. The molecule has 0 aliphatic rings. The van der Waals surface area contributed by atoms with Gasteiger partial charge in [0.25, 0.3) is 5.56 Å². The second-order valence-corrected chi connectivity index (χ2v) is 7.91. The van der Waals surface area contributed by atoms with Gasteiger partial charge in [-0.15, -0.1) is 11.3 Å². The molecule has 4 aromatic rings. The van der Waals surface area contributed by atoms with Gasteiger partial charge in [0.15, 0.2) is 5.16 Å². The molecule has 0 spiro atoms. The molecule has 1 N–H and O–H groups in total. The monoisotopic (exact) mass is 424 g/mol. The number of nitrogens with one attached hydrogen (secondary N) is 1. The number of H-pyrrole nitrogens is 1. The predicted octanol–water partition coefficient (Wildman–Crippen LogP) is 4.91. The first-order chi connectivity index (χ1) is 13.3. The van der Waals surface area contributed by atoms with Crippen LogP contribution in [0, 0.1) is 0 Å². The third-order valence-electron chi connectivity index (χ3n) is 3.84. The molecule has 4 aromatic heterocycles. The molecule has 0 amide bonds. The molecular weight excluding hydrogens is 413 g/mol. The van der Waals surface area contributed by atoms with Gasteiger partial charge >= 0.3 is 6.18 Å². The summed E-state index contributed by atoms with van der Waals surface area (Å²) in [4.78, 5) is 27.7. The Bertz CT molecular complexity index is 1190. The molecular formula is C17H11F3N4O2S2. The summed E-state index contributed by atoms with van der Waals surface area (Å²) in [5, 5.41) is 1.68. The molecule has 0 aromatic carbocycles. The van der Waals surface area contributed by atoms with Crippen molar-refractivity contribution in [2.75, 3.05) is 0 Å². The standard InChI is InChI=1S/C17H11F3N4O2S2/c1-8(28-16-21-5-4-11(22-16)17(18,19)20)13-23-14(25)12-9(7-27-15(12)24-13)10-3-2-6-26-10/h2-8H,1H3,(H,23,24,25)/t8-/m1/s1. The topological polar surface area (TPSA) is 84.7 Å². The predicted molar refractivity (Wildman–Crippen MR) is 99.2 cm³/mol. The molecule has 1 atom stereocenters. The zero-order valence-electron chi connectivity index (χ0n) is 14.1. The Kier molecular flexibility index (Phi) is 4.71. The molecule has 0 bridgehead atoms. The van der Waals surface area contributed by atoms with Crippen molar-refractivity contribution in [2.24, 2.45) is 0 Å². The number of thioether (sulfide) groups is 1. The number of aromatic nitrogens is 4. The Labute approximate surface area is 163 Å². The Balaban J connectivity index is 1.66. The van der Waals surface area contributed by atoms with Crippen LogP contribution in [0.1, 0.15) is 23.7 Å². The summed E-state index contributed by atoms with van der Waals surface area (Å²) in [5.41, 5.74) is -0.715. The van der Waals surface area contributed by atoms with Crippen molar-refractivity contribution in [3.63, 3.8) is 0 Å². The number of hydrogen-bond donors (Lipinski definition) is 1. The fourth-order valence-corrected chi connectivity index (χ4v) is 4.29. The minimum absolute atomic E-state index is 0.0486. The van der Waals surface area contributed by atoms with Crippen LogP contribution in [-0.2, 0) is 6.18 Å². The van der Waals surface area contributed by atoms with Crippen LogP contribution in [0.25, 0.3) is 21.5 Å². The molecule has 0 aliphatic heterocycles. The van der Waals surface area contributed by atoms with Gasteiger partial charge < -0.3 is 9.40 Å². The number of aromatic amines is 1. The van der Waals surface area contributed by atoms with Gasteiger partial charge in [0.1, 0.15) is 22.1 Å². The number of nitrogens with zero attached hydrogens (tertiary/aromatic N) is 3. The zero-order valence-corrected chi connectivity index (χ0v) is 15.8. The first kappa shape index (κ1) is 18.7. The van der Waals surface area contributed by atoms with Crippen molar-refractivity contribution >= 4 is 33.3 Å². The van der Waals surface area contributed by atoms with Crippen molar-refractivity contribution in [1.82, 2.24) is 19.9 Å². The lowest BCUT2D eigenvalue weighted by Crippen LogP contribution is -2.13. The lowest BCUT2D eigenvalue weighted by molar-refractivity contribution is -0.141. The fraction of sp³-hybridized carbons (Fsp3) is 0.176. The van der Waals surface area contributed by atoms with Crippen molar-refractivity contribution in [3.05, 3.63) is 57.9 Å². The maximum Gasteiger partial charge on any atom is 0.433 e. The third kappa shape index (κ3) is 3.54. The highest BCUT2D eigenvalue weighted by Gasteiger charge is 2.33. The summed E-state index contributed by atoms with van der Waals surface area (Å²) >= 11 is 2.27. The van der Waals surface area contributed by atoms with Crippen LogP contribution in [-0.4, -0.2) is 19.9 Å². The van der Waals surface area contributed by atoms with E-state index in [0.717, 1.165) is 24.0 Å². The fourth-order valence-electron chi connectivity index (χ4n) is 2.54. The highest BCUT2D eigenvalue weighted by molar-refractivity contribution is 7.99. The van der Waals surface area contributed by atoms with Crippen molar-refractivity contribution < 1.29 is 17.6 Å². The van der Waals surface area contributed by atoms with E-state index in [1.165, 1.54) is 17.6 Å². The van der Waals surface area contributed by atoms with E-state index in [1.807, 2.05) is 0 Å². The van der Waals surface area contributed by atoms with Crippen LogP contribution in [0.4, 0.5) is 13.2 Å². The highest BCUT2D eigenvalue weighted by atomic mass is 32.2. The lowest BCUT2D eigenvalue weighted by Gasteiger charge is -2.11. The molecule has 144 valence electrons. The minimum atomic E-state index is -4.55. The summed E-state index contributed by atoms with van der Waals surface area (Å²) in [6.45, 7) is 1.71. The first-order valence-corrected chi connectivity index (χ1v) is 9.71. The Morgan fingerprint density at radius 1 is 1.29 bits per heavy atom. The van der Waals surface area contributed by atoms with E-state index >= 15 is 0 Å². The summed E-state index contributed by atoms with van der Waals surface area (Å²) in [7, 11) is 0. The van der Waals surface area contributed by atoms with Gasteiger partial charge in [0, 0.05) is 17.1 Å².